The van der Waals surface area contributed by atoms with E-state index in [2.05, 4.69) is 4.74 Å². The first-order chi connectivity index (χ1) is 8.84. The van der Waals surface area contributed by atoms with E-state index >= 15 is 0 Å². The van der Waals surface area contributed by atoms with E-state index < -0.39 is 23.8 Å². The summed E-state index contributed by atoms with van der Waals surface area (Å²) in [4.78, 5) is 11.1. The molecule has 0 spiro atoms. The number of ether oxygens (including phenoxy) is 1. The average molecular weight is 274 g/mol. The molecule has 1 atom stereocenters. The van der Waals surface area contributed by atoms with Crippen molar-refractivity contribution >= 4 is 16.9 Å². The molecule has 1 N–H and O–H groups in total. The van der Waals surface area contributed by atoms with Crippen LogP contribution in [0, 0.1) is 0 Å². The molecule has 7 heteroatoms. The zero-order valence-electron chi connectivity index (χ0n) is 9.69. The summed E-state index contributed by atoms with van der Waals surface area (Å²) in [7, 11) is 1.05. The Morgan fingerprint density at radius 3 is 2.68 bits per heavy atom. The molecule has 0 aliphatic heterocycles. The van der Waals surface area contributed by atoms with Crippen molar-refractivity contribution in [3.05, 3.63) is 35.6 Å². The lowest BCUT2D eigenvalue weighted by Crippen LogP contribution is -2.12. The summed E-state index contributed by atoms with van der Waals surface area (Å²) in [5, 5.41) is 9.32. The molecular formula is C12H9F3O4. The molecule has 0 saturated heterocycles. The van der Waals surface area contributed by atoms with E-state index in [1.54, 1.807) is 0 Å². The number of halogens is 3. The van der Waals surface area contributed by atoms with Gasteiger partial charge in [-0.15, -0.1) is 0 Å². The minimum absolute atomic E-state index is 0.0622. The molecule has 102 valence electrons. The van der Waals surface area contributed by atoms with E-state index in [4.69, 9.17) is 4.42 Å². The molecule has 0 fully saturated rings. The summed E-state index contributed by atoms with van der Waals surface area (Å²) in [5.41, 5.74) is -0.954. The zero-order valence-corrected chi connectivity index (χ0v) is 9.69. The van der Waals surface area contributed by atoms with E-state index in [9.17, 15) is 23.1 Å². The van der Waals surface area contributed by atoms with Crippen LogP contribution < -0.4 is 0 Å². The van der Waals surface area contributed by atoms with Gasteiger partial charge in [0.15, 0.2) is 0 Å². The number of aliphatic hydroxyl groups excluding tert-OH is 1. The summed E-state index contributed by atoms with van der Waals surface area (Å²) in [6.07, 6.45) is -6.30. The molecule has 0 aliphatic carbocycles. The van der Waals surface area contributed by atoms with Gasteiger partial charge in [0.2, 0.25) is 6.10 Å². The fraction of sp³-hybridized carbons (Fsp3) is 0.250. The van der Waals surface area contributed by atoms with Crippen LogP contribution in [0.3, 0.4) is 0 Å². The predicted octanol–water partition coefficient (Wildman–Crippen LogP) is 2.66. The molecule has 0 radical (unpaired) electrons. The van der Waals surface area contributed by atoms with E-state index in [1.807, 2.05) is 0 Å². The number of methoxy groups -OCH3 is 1. The molecule has 19 heavy (non-hydrogen) atoms. The topological polar surface area (TPSA) is 59.7 Å². The largest absolute Gasteiger partial charge is 0.467 e. The van der Waals surface area contributed by atoms with Crippen LogP contribution in [0.5, 0.6) is 0 Å². The number of benzene rings is 1. The van der Waals surface area contributed by atoms with Gasteiger partial charge in [0.25, 0.3) is 0 Å². The summed E-state index contributed by atoms with van der Waals surface area (Å²) in [5.74, 6) is -1.30. The van der Waals surface area contributed by atoms with Crippen molar-refractivity contribution in [2.24, 2.45) is 0 Å². The van der Waals surface area contributed by atoms with Crippen LogP contribution in [0.25, 0.3) is 11.0 Å². The standard InChI is InChI=1S/C12H9F3O4/c1-18-11(17)10(16)9-5-6-7(12(13,14)15)3-2-4-8(6)19-9/h2-5,10,16H,1H3. The van der Waals surface area contributed by atoms with Gasteiger partial charge in [-0.25, -0.2) is 4.79 Å². The molecule has 1 heterocycles. The smallest absolute Gasteiger partial charge is 0.417 e. The van der Waals surface area contributed by atoms with Crippen LogP contribution in [0.4, 0.5) is 13.2 Å². The van der Waals surface area contributed by atoms with E-state index in [0.717, 1.165) is 19.2 Å². The number of carbonyl (C=O) groups excluding carboxylic acids is 1. The Kier molecular flexibility index (Phi) is 3.23. The van der Waals surface area contributed by atoms with Gasteiger partial charge in [0.05, 0.1) is 12.7 Å². The maximum Gasteiger partial charge on any atom is 0.417 e. The highest BCUT2D eigenvalue weighted by atomic mass is 19.4. The van der Waals surface area contributed by atoms with Gasteiger partial charge in [-0.1, -0.05) is 6.07 Å². The number of carbonyl (C=O) groups is 1. The third-order valence-electron chi connectivity index (χ3n) is 2.58. The molecular weight excluding hydrogens is 265 g/mol. The van der Waals surface area contributed by atoms with E-state index in [0.29, 0.717) is 0 Å². The Labute approximate surface area is 105 Å². The second-order valence-corrected chi connectivity index (χ2v) is 3.79. The van der Waals surface area contributed by atoms with Gasteiger partial charge in [0, 0.05) is 5.39 Å². The van der Waals surface area contributed by atoms with Crippen molar-refractivity contribution in [3.8, 4) is 0 Å². The van der Waals surface area contributed by atoms with Crippen molar-refractivity contribution in [2.45, 2.75) is 12.3 Å². The molecule has 0 bridgehead atoms. The number of furan rings is 1. The fourth-order valence-corrected chi connectivity index (χ4v) is 1.69. The van der Waals surface area contributed by atoms with Crippen LogP contribution in [-0.4, -0.2) is 18.2 Å². The third kappa shape index (κ3) is 2.41. The summed E-state index contributed by atoms with van der Waals surface area (Å²) in [6, 6.07) is 4.38. The Balaban J connectivity index is 2.55. The van der Waals surface area contributed by atoms with Crippen LogP contribution in [0.2, 0.25) is 0 Å². The van der Waals surface area contributed by atoms with Crippen molar-refractivity contribution in [3.63, 3.8) is 0 Å². The molecule has 1 aromatic carbocycles. The molecule has 2 rings (SSSR count). The minimum Gasteiger partial charge on any atom is -0.467 e. The summed E-state index contributed by atoms with van der Waals surface area (Å²) >= 11 is 0. The lowest BCUT2D eigenvalue weighted by molar-refractivity contribution is -0.151. The quantitative estimate of drug-likeness (QED) is 0.855. The molecule has 4 nitrogen and oxygen atoms in total. The summed E-state index contributed by atoms with van der Waals surface area (Å²) in [6.45, 7) is 0. The minimum atomic E-state index is -4.54. The molecule has 1 unspecified atom stereocenters. The highest BCUT2D eigenvalue weighted by molar-refractivity contribution is 5.84. The lowest BCUT2D eigenvalue weighted by Gasteiger charge is -2.06. The SMILES string of the molecule is COC(=O)C(O)c1cc2c(C(F)(F)F)cccc2o1. The average Bonchev–Trinajstić information content (AvgIpc) is 2.78. The number of rotatable bonds is 2. The molecule has 1 aromatic heterocycles. The Morgan fingerprint density at radius 1 is 1.42 bits per heavy atom. The van der Waals surface area contributed by atoms with Crippen molar-refractivity contribution in [1.82, 2.24) is 0 Å². The van der Waals surface area contributed by atoms with Crippen LogP contribution in [0.15, 0.2) is 28.7 Å². The maximum absolute atomic E-state index is 12.8. The number of esters is 1. The Morgan fingerprint density at radius 2 is 2.11 bits per heavy atom. The number of hydrogen-bond acceptors (Lipinski definition) is 4. The number of fused-ring (bicyclic) bond motifs is 1. The number of hydrogen-bond donors (Lipinski definition) is 1. The maximum atomic E-state index is 12.8. The first kappa shape index (κ1) is 13.4. The van der Waals surface area contributed by atoms with Gasteiger partial charge < -0.3 is 14.3 Å². The second-order valence-electron chi connectivity index (χ2n) is 3.79. The molecule has 2 aromatic rings. The van der Waals surface area contributed by atoms with Crippen molar-refractivity contribution in [2.75, 3.05) is 7.11 Å². The zero-order chi connectivity index (χ0) is 14.2. The number of aliphatic hydroxyl groups is 1. The lowest BCUT2D eigenvalue weighted by atomic mass is 10.1. The number of alkyl halides is 3. The predicted molar refractivity (Wildman–Crippen MR) is 58.2 cm³/mol. The highest BCUT2D eigenvalue weighted by Crippen LogP contribution is 2.37. The van der Waals surface area contributed by atoms with E-state index in [-0.39, 0.29) is 16.7 Å². The van der Waals surface area contributed by atoms with Gasteiger partial charge in [-0.2, -0.15) is 13.2 Å². The van der Waals surface area contributed by atoms with E-state index in [1.165, 1.54) is 12.1 Å². The molecule has 0 saturated carbocycles. The first-order valence-corrected chi connectivity index (χ1v) is 5.20. The second kappa shape index (κ2) is 4.58. The van der Waals surface area contributed by atoms with Crippen molar-refractivity contribution in [1.29, 1.82) is 0 Å². The molecule has 0 amide bonds. The first-order valence-electron chi connectivity index (χ1n) is 5.20. The van der Waals surface area contributed by atoms with Crippen LogP contribution >= 0.6 is 0 Å². The Hall–Kier alpha value is -2.02. The Bertz CT molecular complexity index is 615. The molecule has 0 aliphatic rings. The fourth-order valence-electron chi connectivity index (χ4n) is 1.69. The van der Waals surface area contributed by atoms with Gasteiger partial charge >= 0.3 is 12.1 Å². The van der Waals surface area contributed by atoms with Gasteiger partial charge in [-0.05, 0) is 18.2 Å². The van der Waals surface area contributed by atoms with Gasteiger partial charge in [0.1, 0.15) is 11.3 Å². The van der Waals surface area contributed by atoms with Gasteiger partial charge in [-0.3, -0.25) is 0 Å². The summed E-state index contributed by atoms with van der Waals surface area (Å²) < 4.78 is 47.6. The van der Waals surface area contributed by atoms with Crippen LogP contribution in [-0.2, 0) is 15.7 Å². The van der Waals surface area contributed by atoms with Crippen LogP contribution in [0.1, 0.15) is 17.4 Å². The van der Waals surface area contributed by atoms with Crippen molar-refractivity contribution < 1.29 is 32.2 Å². The normalized spacial score (nSPS) is 13.5. The highest BCUT2D eigenvalue weighted by Gasteiger charge is 2.34. The monoisotopic (exact) mass is 274 g/mol. The third-order valence-corrected chi connectivity index (χ3v) is 2.58.